The predicted octanol–water partition coefficient (Wildman–Crippen LogP) is 3.88. The Morgan fingerprint density at radius 3 is 2.86 bits per heavy atom. The molecule has 0 unspecified atom stereocenters. The Kier molecular flexibility index (Phi) is 3.91. The molecular weight excluding hydrogens is 352 g/mol. The van der Waals surface area contributed by atoms with Crippen LogP contribution in [0.1, 0.15) is 21.5 Å². The third-order valence-electron chi connectivity index (χ3n) is 3.76. The number of halogens is 2. The first kappa shape index (κ1) is 14.4. The zero-order valence-electron chi connectivity index (χ0n) is 11.3. The van der Waals surface area contributed by atoms with Gasteiger partial charge in [0.2, 0.25) is 0 Å². The molecule has 2 aromatic rings. The fraction of sp³-hybridized carbons (Fsp3) is 0.188. The van der Waals surface area contributed by atoms with Crippen molar-refractivity contribution in [3.8, 4) is 0 Å². The van der Waals surface area contributed by atoms with Crippen molar-refractivity contribution in [2.45, 2.75) is 13.0 Å². The van der Waals surface area contributed by atoms with Crippen LogP contribution in [0.25, 0.3) is 0 Å². The van der Waals surface area contributed by atoms with E-state index in [0.717, 1.165) is 22.1 Å². The Hall–Kier alpha value is -1.52. The van der Waals surface area contributed by atoms with Crippen LogP contribution in [0.5, 0.6) is 0 Å². The molecule has 3 rings (SSSR count). The minimum absolute atomic E-state index is 0.0543. The van der Waals surface area contributed by atoms with Crippen LogP contribution in [0.4, 0.5) is 5.69 Å². The standard InChI is InChI=1S/C16H14BrClN2O/c17-11-4-5-12(14(18)8-11)16(21)20-7-6-10-2-1-3-15(19)13(10)9-20/h1-5,8H,6-7,9,19H2. The van der Waals surface area contributed by atoms with Gasteiger partial charge >= 0.3 is 0 Å². The molecule has 0 radical (unpaired) electrons. The monoisotopic (exact) mass is 364 g/mol. The Morgan fingerprint density at radius 2 is 2.10 bits per heavy atom. The van der Waals surface area contributed by atoms with Crippen molar-refractivity contribution in [2.24, 2.45) is 0 Å². The van der Waals surface area contributed by atoms with Gasteiger partial charge in [0.05, 0.1) is 10.6 Å². The summed E-state index contributed by atoms with van der Waals surface area (Å²) in [5.41, 5.74) is 9.56. The summed E-state index contributed by atoms with van der Waals surface area (Å²) in [6.07, 6.45) is 0.820. The highest BCUT2D eigenvalue weighted by atomic mass is 79.9. The van der Waals surface area contributed by atoms with Crippen molar-refractivity contribution in [1.29, 1.82) is 0 Å². The van der Waals surface area contributed by atoms with Gasteiger partial charge in [0.15, 0.2) is 0 Å². The molecule has 3 nitrogen and oxygen atoms in total. The van der Waals surface area contributed by atoms with Crippen LogP contribution in [0.3, 0.4) is 0 Å². The molecule has 1 amide bonds. The number of fused-ring (bicyclic) bond motifs is 1. The topological polar surface area (TPSA) is 46.3 Å². The summed E-state index contributed by atoms with van der Waals surface area (Å²) in [7, 11) is 0. The maximum absolute atomic E-state index is 12.6. The van der Waals surface area contributed by atoms with Crippen LogP contribution < -0.4 is 5.73 Å². The lowest BCUT2D eigenvalue weighted by Gasteiger charge is -2.30. The van der Waals surface area contributed by atoms with Crippen LogP contribution >= 0.6 is 27.5 Å². The zero-order valence-corrected chi connectivity index (χ0v) is 13.6. The molecule has 21 heavy (non-hydrogen) atoms. The highest BCUT2D eigenvalue weighted by molar-refractivity contribution is 9.10. The normalized spacial score (nSPS) is 13.9. The molecular formula is C16H14BrClN2O. The molecule has 0 atom stereocenters. The third-order valence-corrected chi connectivity index (χ3v) is 4.56. The molecule has 1 aliphatic rings. The molecule has 1 heterocycles. The number of carbonyl (C=O) groups is 1. The first-order valence-electron chi connectivity index (χ1n) is 6.67. The van der Waals surface area contributed by atoms with E-state index in [1.54, 1.807) is 17.0 Å². The highest BCUT2D eigenvalue weighted by Crippen LogP contribution is 2.27. The molecule has 0 spiro atoms. The van der Waals surface area contributed by atoms with Crippen molar-refractivity contribution in [1.82, 2.24) is 4.90 Å². The number of rotatable bonds is 1. The molecule has 0 bridgehead atoms. The molecule has 0 saturated heterocycles. The van der Waals surface area contributed by atoms with Crippen molar-refractivity contribution in [2.75, 3.05) is 12.3 Å². The maximum Gasteiger partial charge on any atom is 0.255 e. The van der Waals surface area contributed by atoms with Crippen molar-refractivity contribution < 1.29 is 4.79 Å². The lowest BCUT2D eigenvalue weighted by Crippen LogP contribution is -2.36. The van der Waals surface area contributed by atoms with Gasteiger partial charge in [-0.3, -0.25) is 4.79 Å². The van der Waals surface area contributed by atoms with E-state index in [2.05, 4.69) is 22.0 Å². The molecule has 1 aliphatic heterocycles. The summed E-state index contributed by atoms with van der Waals surface area (Å²) < 4.78 is 0.859. The molecule has 0 aromatic heterocycles. The van der Waals surface area contributed by atoms with E-state index in [0.29, 0.717) is 23.7 Å². The minimum atomic E-state index is -0.0543. The summed E-state index contributed by atoms with van der Waals surface area (Å²) in [5, 5.41) is 0.459. The van der Waals surface area contributed by atoms with Gasteiger partial charge in [-0.25, -0.2) is 0 Å². The second kappa shape index (κ2) is 5.70. The lowest BCUT2D eigenvalue weighted by molar-refractivity contribution is 0.0735. The largest absolute Gasteiger partial charge is 0.398 e. The number of hydrogen-bond donors (Lipinski definition) is 1. The average Bonchev–Trinajstić information content (AvgIpc) is 2.47. The number of nitrogens with zero attached hydrogens (tertiary/aromatic N) is 1. The van der Waals surface area contributed by atoms with E-state index in [1.165, 1.54) is 5.56 Å². The fourth-order valence-electron chi connectivity index (χ4n) is 2.61. The molecule has 108 valence electrons. The fourth-order valence-corrected chi connectivity index (χ4v) is 3.37. The molecule has 0 aliphatic carbocycles. The zero-order chi connectivity index (χ0) is 15.0. The summed E-state index contributed by atoms with van der Waals surface area (Å²) >= 11 is 9.52. The Labute approximate surface area is 136 Å². The number of carbonyl (C=O) groups excluding carboxylic acids is 1. The molecule has 0 fully saturated rings. The molecule has 2 aromatic carbocycles. The van der Waals surface area contributed by atoms with Gasteiger partial charge < -0.3 is 10.6 Å². The van der Waals surface area contributed by atoms with E-state index in [-0.39, 0.29) is 5.91 Å². The highest BCUT2D eigenvalue weighted by Gasteiger charge is 2.24. The van der Waals surface area contributed by atoms with Crippen LogP contribution in [-0.4, -0.2) is 17.4 Å². The SMILES string of the molecule is Nc1cccc2c1CN(C(=O)c1ccc(Br)cc1Cl)CC2. The van der Waals surface area contributed by atoms with Gasteiger partial charge in [0.1, 0.15) is 0 Å². The molecule has 5 heteroatoms. The van der Waals surface area contributed by atoms with Gasteiger partial charge in [-0.2, -0.15) is 0 Å². The second-order valence-electron chi connectivity index (χ2n) is 5.09. The van der Waals surface area contributed by atoms with E-state index in [9.17, 15) is 4.79 Å². The summed E-state index contributed by atoms with van der Waals surface area (Å²) in [5.74, 6) is -0.0543. The number of anilines is 1. The van der Waals surface area contributed by atoms with Crippen molar-refractivity contribution in [3.05, 3.63) is 62.6 Å². The number of hydrogen-bond acceptors (Lipinski definition) is 2. The third kappa shape index (κ3) is 2.78. The van der Waals surface area contributed by atoms with E-state index < -0.39 is 0 Å². The number of amides is 1. The summed E-state index contributed by atoms with van der Waals surface area (Å²) in [6.45, 7) is 1.22. The number of nitrogens with two attached hydrogens (primary N) is 1. The molecule has 2 N–H and O–H groups in total. The smallest absolute Gasteiger partial charge is 0.255 e. The van der Waals surface area contributed by atoms with E-state index >= 15 is 0 Å². The molecule has 0 saturated carbocycles. The van der Waals surface area contributed by atoms with Gasteiger partial charge in [-0.05, 0) is 41.8 Å². The van der Waals surface area contributed by atoms with Gasteiger partial charge in [0.25, 0.3) is 5.91 Å². The van der Waals surface area contributed by atoms with E-state index in [4.69, 9.17) is 17.3 Å². The summed E-state index contributed by atoms with van der Waals surface area (Å²) in [4.78, 5) is 14.4. The number of benzene rings is 2. The maximum atomic E-state index is 12.6. The minimum Gasteiger partial charge on any atom is -0.398 e. The van der Waals surface area contributed by atoms with Gasteiger partial charge in [0, 0.05) is 23.2 Å². The average molecular weight is 366 g/mol. The van der Waals surface area contributed by atoms with Crippen molar-refractivity contribution in [3.63, 3.8) is 0 Å². The first-order chi connectivity index (χ1) is 10.1. The lowest BCUT2D eigenvalue weighted by atomic mass is 9.97. The Bertz CT molecular complexity index is 717. The van der Waals surface area contributed by atoms with Crippen LogP contribution in [-0.2, 0) is 13.0 Å². The Balaban J connectivity index is 1.89. The second-order valence-corrected chi connectivity index (χ2v) is 6.41. The van der Waals surface area contributed by atoms with Crippen LogP contribution in [0.2, 0.25) is 5.02 Å². The van der Waals surface area contributed by atoms with Crippen LogP contribution in [0.15, 0.2) is 40.9 Å². The predicted molar refractivity (Wildman–Crippen MR) is 88.5 cm³/mol. The van der Waals surface area contributed by atoms with Crippen molar-refractivity contribution >= 4 is 39.1 Å². The first-order valence-corrected chi connectivity index (χ1v) is 7.84. The van der Waals surface area contributed by atoms with Gasteiger partial charge in [-0.1, -0.05) is 39.7 Å². The van der Waals surface area contributed by atoms with Crippen LogP contribution in [0, 0.1) is 0 Å². The van der Waals surface area contributed by atoms with Gasteiger partial charge in [-0.15, -0.1) is 0 Å². The summed E-state index contributed by atoms with van der Waals surface area (Å²) in [6, 6.07) is 11.2. The number of nitrogen functional groups attached to an aromatic ring is 1. The van der Waals surface area contributed by atoms with E-state index in [1.807, 2.05) is 18.2 Å². The Morgan fingerprint density at radius 1 is 1.29 bits per heavy atom. The quantitative estimate of drug-likeness (QED) is 0.780.